The van der Waals surface area contributed by atoms with Crippen molar-refractivity contribution in [3.05, 3.63) is 59.7 Å². The fourth-order valence-electron chi connectivity index (χ4n) is 2.60. The zero-order valence-electron chi connectivity index (χ0n) is 17.3. The Kier molecular flexibility index (Phi) is 9.51. The molecule has 0 saturated carbocycles. The van der Waals surface area contributed by atoms with Crippen LogP contribution in [-0.4, -0.2) is 45.8 Å². The number of anilines is 1. The molecule has 0 aliphatic heterocycles. The normalized spacial score (nSPS) is 11.1. The second-order valence-corrected chi connectivity index (χ2v) is 6.33. The third kappa shape index (κ3) is 7.83. The molecule has 0 heterocycles. The van der Waals surface area contributed by atoms with Crippen LogP contribution in [0.25, 0.3) is 0 Å². The maximum absolute atomic E-state index is 11.8. The Bertz CT molecular complexity index is 791. The van der Waals surface area contributed by atoms with Gasteiger partial charge in [-0.1, -0.05) is 18.2 Å². The Hall–Kier alpha value is -3.06. The summed E-state index contributed by atoms with van der Waals surface area (Å²) in [5.74, 6) is 1.38. The van der Waals surface area contributed by atoms with Crippen molar-refractivity contribution in [1.29, 1.82) is 0 Å². The third-order valence-corrected chi connectivity index (χ3v) is 4.10. The minimum absolute atomic E-state index is 0.0613. The van der Waals surface area contributed by atoms with Crippen LogP contribution in [0.5, 0.6) is 5.75 Å². The summed E-state index contributed by atoms with van der Waals surface area (Å²) in [5.41, 5.74) is 2.59. The summed E-state index contributed by atoms with van der Waals surface area (Å²) >= 11 is 0. The van der Waals surface area contributed by atoms with Gasteiger partial charge in [-0.05, 0) is 36.8 Å². The lowest BCUT2D eigenvalue weighted by Crippen LogP contribution is -2.30. The molecule has 2 aromatic rings. The predicted molar refractivity (Wildman–Crippen MR) is 117 cm³/mol. The van der Waals surface area contributed by atoms with Gasteiger partial charge in [0.25, 0.3) is 5.91 Å². The number of carbonyl (C=O) groups excluding carboxylic acids is 1. The minimum Gasteiger partial charge on any atom is -0.493 e. The Morgan fingerprint density at radius 1 is 1.07 bits per heavy atom. The summed E-state index contributed by atoms with van der Waals surface area (Å²) in [7, 11) is 3.40. The highest BCUT2D eigenvalue weighted by atomic mass is 16.5. The molecule has 0 bridgehead atoms. The van der Waals surface area contributed by atoms with E-state index in [0.29, 0.717) is 37.8 Å². The van der Waals surface area contributed by atoms with E-state index in [1.54, 1.807) is 14.2 Å². The van der Waals surface area contributed by atoms with Crippen LogP contribution in [0.4, 0.5) is 5.69 Å². The van der Waals surface area contributed by atoms with E-state index in [0.717, 1.165) is 23.4 Å². The molecule has 156 valence electrons. The highest BCUT2D eigenvalue weighted by Crippen LogP contribution is 2.17. The zero-order chi connectivity index (χ0) is 20.9. The van der Waals surface area contributed by atoms with Gasteiger partial charge in [-0.2, -0.15) is 0 Å². The topological polar surface area (TPSA) is 84.0 Å². The van der Waals surface area contributed by atoms with Crippen molar-refractivity contribution in [3.63, 3.8) is 0 Å². The molecule has 0 fully saturated rings. The minimum atomic E-state index is -0.0613. The molecule has 0 unspecified atom stereocenters. The molecule has 0 aliphatic rings. The number of methoxy groups -OCH3 is 1. The number of nitrogens with one attached hydrogen (secondary N) is 3. The lowest BCUT2D eigenvalue weighted by molar-refractivity contribution is 0.0956. The molecule has 7 heteroatoms. The van der Waals surface area contributed by atoms with Gasteiger partial charge in [-0.3, -0.25) is 9.79 Å². The Morgan fingerprint density at radius 3 is 2.55 bits per heavy atom. The number of hydrogen-bond acceptors (Lipinski definition) is 4. The van der Waals surface area contributed by atoms with Gasteiger partial charge in [-0.15, -0.1) is 0 Å². The summed E-state index contributed by atoms with van der Waals surface area (Å²) < 4.78 is 10.8. The highest BCUT2D eigenvalue weighted by molar-refractivity contribution is 5.94. The number of benzene rings is 2. The molecule has 0 saturated heterocycles. The van der Waals surface area contributed by atoms with Gasteiger partial charge in [0.15, 0.2) is 5.96 Å². The summed E-state index contributed by atoms with van der Waals surface area (Å²) in [4.78, 5) is 16.1. The van der Waals surface area contributed by atoms with Gasteiger partial charge in [0, 0.05) is 57.6 Å². The quantitative estimate of drug-likeness (QED) is 0.325. The van der Waals surface area contributed by atoms with Gasteiger partial charge >= 0.3 is 0 Å². The van der Waals surface area contributed by atoms with Crippen LogP contribution in [0.15, 0.2) is 53.5 Å². The lowest BCUT2D eigenvalue weighted by atomic mass is 10.1. The van der Waals surface area contributed by atoms with E-state index >= 15 is 0 Å². The first-order valence-corrected chi connectivity index (χ1v) is 9.73. The van der Waals surface area contributed by atoms with Crippen LogP contribution in [0.3, 0.4) is 0 Å². The van der Waals surface area contributed by atoms with Gasteiger partial charge in [0.2, 0.25) is 0 Å². The molecule has 7 nitrogen and oxygen atoms in total. The van der Waals surface area contributed by atoms with E-state index in [2.05, 4.69) is 20.9 Å². The van der Waals surface area contributed by atoms with E-state index in [1.807, 2.05) is 55.5 Å². The number of guanidine groups is 1. The first-order chi connectivity index (χ1) is 14.2. The summed E-state index contributed by atoms with van der Waals surface area (Å²) in [6.45, 7) is 4.39. The Morgan fingerprint density at radius 2 is 1.86 bits per heavy atom. The highest BCUT2D eigenvalue weighted by Gasteiger charge is 2.05. The van der Waals surface area contributed by atoms with Crippen LogP contribution in [0.2, 0.25) is 0 Å². The molecule has 1 amide bonds. The SMILES string of the molecule is CCNC(=O)c1ccc(CNC(=NC)Nc2cccc(OCCCOC)c2)cc1. The van der Waals surface area contributed by atoms with Crippen LogP contribution in [0, 0.1) is 0 Å². The van der Waals surface area contributed by atoms with Gasteiger partial charge in [0.1, 0.15) is 5.75 Å². The fraction of sp³-hybridized carbons (Fsp3) is 0.364. The second kappa shape index (κ2) is 12.4. The van der Waals surface area contributed by atoms with Crippen molar-refractivity contribution in [2.24, 2.45) is 4.99 Å². The maximum Gasteiger partial charge on any atom is 0.251 e. The maximum atomic E-state index is 11.8. The van der Waals surface area contributed by atoms with Crippen LogP contribution >= 0.6 is 0 Å². The van der Waals surface area contributed by atoms with E-state index < -0.39 is 0 Å². The molecule has 0 atom stereocenters. The van der Waals surface area contributed by atoms with Crippen LogP contribution < -0.4 is 20.7 Å². The number of carbonyl (C=O) groups is 1. The van der Waals surface area contributed by atoms with Gasteiger partial charge < -0.3 is 25.4 Å². The smallest absolute Gasteiger partial charge is 0.251 e. The zero-order valence-corrected chi connectivity index (χ0v) is 17.3. The number of ether oxygens (including phenoxy) is 2. The van der Waals surface area contributed by atoms with Crippen molar-refractivity contribution in [1.82, 2.24) is 10.6 Å². The third-order valence-electron chi connectivity index (χ3n) is 4.10. The monoisotopic (exact) mass is 398 g/mol. The molecule has 2 aromatic carbocycles. The van der Waals surface area contributed by atoms with E-state index in [1.165, 1.54) is 0 Å². The summed E-state index contributed by atoms with van der Waals surface area (Å²) in [6.07, 6.45) is 0.844. The largest absolute Gasteiger partial charge is 0.493 e. The predicted octanol–water partition coefficient (Wildman–Crippen LogP) is 3.04. The number of amides is 1. The van der Waals surface area contributed by atoms with Gasteiger partial charge in [-0.25, -0.2) is 0 Å². The van der Waals surface area contributed by atoms with Crippen LogP contribution in [0.1, 0.15) is 29.3 Å². The van der Waals surface area contributed by atoms with Crippen molar-refractivity contribution in [2.75, 3.05) is 39.2 Å². The number of rotatable bonds is 10. The van der Waals surface area contributed by atoms with Crippen LogP contribution in [-0.2, 0) is 11.3 Å². The molecule has 29 heavy (non-hydrogen) atoms. The molecule has 0 aromatic heterocycles. The van der Waals surface area contributed by atoms with Crippen molar-refractivity contribution < 1.29 is 14.3 Å². The first-order valence-electron chi connectivity index (χ1n) is 9.73. The molecule has 0 aliphatic carbocycles. The molecule has 3 N–H and O–H groups in total. The molecule has 0 spiro atoms. The van der Waals surface area contributed by atoms with Gasteiger partial charge in [0.05, 0.1) is 6.61 Å². The first kappa shape index (κ1) is 22.2. The second-order valence-electron chi connectivity index (χ2n) is 6.33. The fourth-order valence-corrected chi connectivity index (χ4v) is 2.60. The Labute approximate surface area is 172 Å². The number of hydrogen-bond donors (Lipinski definition) is 3. The molecule has 0 radical (unpaired) electrons. The van der Waals surface area contributed by atoms with E-state index in [4.69, 9.17) is 9.47 Å². The van der Waals surface area contributed by atoms with Crippen molar-refractivity contribution in [2.45, 2.75) is 19.9 Å². The average molecular weight is 399 g/mol. The summed E-state index contributed by atoms with van der Waals surface area (Å²) in [6, 6.07) is 15.2. The number of nitrogens with zero attached hydrogens (tertiary/aromatic N) is 1. The summed E-state index contributed by atoms with van der Waals surface area (Å²) in [5, 5.41) is 9.32. The lowest BCUT2D eigenvalue weighted by Gasteiger charge is -2.13. The molecule has 2 rings (SSSR count). The average Bonchev–Trinajstić information content (AvgIpc) is 2.75. The standard InChI is InChI=1S/C22H30N4O3/c1-4-24-21(27)18-11-9-17(10-12-18)16-25-22(23-2)26-19-7-5-8-20(15-19)29-14-6-13-28-3/h5,7-12,15H,4,6,13-14,16H2,1-3H3,(H,24,27)(H2,23,25,26). The van der Waals surface area contributed by atoms with E-state index in [9.17, 15) is 4.79 Å². The molecular weight excluding hydrogens is 368 g/mol. The van der Waals surface area contributed by atoms with Crippen molar-refractivity contribution in [3.8, 4) is 5.75 Å². The van der Waals surface area contributed by atoms with Crippen molar-refractivity contribution >= 4 is 17.6 Å². The number of aliphatic imine (C=N–C) groups is 1. The molecular formula is C22H30N4O3. The van der Waals surface area contributed by atoms with E-state index in [-0.39, 0.29) is 5.91 Å². The Balaban J connectivity index is 1.87.